The summed E-state index contributed by atoms with van der Waals surface area (Å²) in [6.07, 6.45) is 0.588. The molecule has 0 spiro atoms. The summed E-state index contributed by atoms with van der Waals surface area (Å²) in [6.45, 7) is 6.74. The van der Waals surface area contributed by atoms with Crippen molar-refractivity contribution in [3.63, 3.8) is 0 Å². The molecule has 0 aromatic heterocycles. The molecular formula is C24H28ClN3O5. The largest absolute Gasteiger partial charge is 0.454 e. The first kappa shape index (κ1) is 25.9. The number of rotatable bonds is 8. The fourth-order valence-electron chi connectivity index (χ4n) is 2.92. The highest BCUT2D eigenvalue weighted by atomic mass is 35.5. The molecule has 0 heterocycles. The zero-order valence-electron chi connectivity index (χ0n) is 19.0. The van der Waals surface area contributed by atoms with Crippen LogP contribution in [0.1, 0.15) is 41.8 Å². The number of aryl methyl sites for hydroxylation is 1. The second kappa shape index (κ2) is 12.0. The molecule has 33 heavy (non-hydrogen) atoms. The first-order chi connectivity index (χ1) is 15.6. The first-order valence-electron chi connectivity index (χ1n) is 10.5. The molecule has 2 rings (SSSR count). The van der Waals surface area contributed by atoms with Crippen molar-refractivity contribution < 1.29 is 23.9 Å². The molecular weight excluding hydrogens is 446 g/mol. The van der Waals surface area contributed by atoms with E-state index in [0.717, 1.165) is 11.1 Å². The van der Waals surface area contributed by atoms with Gasteiger partial charge in [-0.1, -0.05) is 44.0 Å². The monoisotopic (exact) mass is 473 g/mol. The van der Waals surface area contributed by atoms with E-state index in [1.165, 1.54) is 0 Å². The zero-order chi connectivity index (χ0) is 24.5. The van der Waals surface area contributed by atoms with Gasteiger partial charge in [0.15, 0.2) is 6.61 Å². The van der Waals surface area contributed by atoms with Gasteiger partial charge in [0.05, 0.1) is 0 Å². The van der Waals surface area contributed by atoms with Crippen molar-refractivity contribution in [3.05, 3.63) is 64.2 Å². The average Bonchev–Trinajstić information content (AvgIpc) is 2.78. The number of ether oxygens (including phenoxy) is 1. The van der Waals surface area contributed by atoms with Crippen LogP contribution in [0.3, 0.4) is 0 Å². The first-order valence-corrected chi connectivity index (χ1v) is 10.9. The minimum atomic E-state index is -0.963. The lowest BCUT2D eigenvalue weighted by atomic mass is 9.99. The van der Waals surface area contributed by atoms with Crippen LogP contribution in [-0.4, -0.2) is 36.5 Å². The SMILES string of the molecule is CC[C@H](C)[C@H](NC(=O)c1ccc(Cl)cc1)C(=O)OCC(=O)NC(=O)Nc1cccc(C)c1C. The fourth-order valence-corrected chi connectivity index (χ4v) is 3.05. The third kappa shape index (κ3) is 7.61. The average molecular weight is 474 g/mol. The minimum Gasteiger partial charge on any atom is -0.454 e. The molecule has 176 valence electrons. The van der Waals surface area contributed by atoms with E-state index in [2.05, 4.69) is 16.0 Å². The maximum Gasteiger partial charge on any atom is 0.329 e. The standard InChI is InChI=1S/C24H28ClN3O5/c1-5-14(2)21(28-22(30)17-9-11-18(25)12-10-17)23(31)33-13-20(29)27-24(32)26-19-8-6-7-15(3)16(19)4/h6-12,14,21H,5,13H2,1-4H3,(H,28,30)(H2,26,27,29,32)/t14-,21-/m0/s1. The third-order valence-electron chi connectivity index (χ3n) is 5.31. The van der Waals surface area contributed by atoms with Gasteiger partial charge in [0.25, 0.3) is 11.8 Å². The van der Waals surface area contributed by atoms with Crippen LogP contribution < -0.4 is 16.0 Å². The molecule has 0 aliphatic heterocycles. The maximum absolute atomic E-state index is 12.6. The molecule has 3 N–H and O–H groups in total. The Morgan fingerprint density at radius 3 is 2.33 bits per heavy atom. The number of hydrogen-bond acceptors (Lipinski definition) is 5. The molecule has 2 aromatic rings. The number of esters is 1. The number of hydrogen-bond donors (Lipinski definition) is 3. The highest BCUT2D eigenvalue weighted by Crippen LogP contribution is 2.17. The third-order valence-corrected chi connectivity index (χ3v) is 5.56. The van der Waals surface area contributed by atoms with Crippen molar-refractivity contribution in [2.24, 2.45) is 5.92 Å². The molecule has 8 nitrogen and oxygen atoms in total. The van der Waals surface area contributed by atoms with Crippen molar-refractivity contribution in [3.8, 4) is 0 Å². The number of anilines is 1. The minimum absolute atomic E-state index is 0.246. The highest BCUT2D eigenvalue weighted by molar-refractivity contribution is 6.30. The molecule has 2 atom stereocenters. The Morgan fingerprint density at radius 1 is 1.03 bits per heavy atom. The Hall–Kier alpha value is -3.39. The van der Waals surface area contributed by atoms with Crippen LogP contribution in [0.4, 0.5) is 10.5 Å². The van der Waals surface area contributed by atoms with Gasteiger partial charge in [-0.2, -0.15) is 0 Å². The summed E-state index contributed by atoms with van der Waals surface area (Å²) in [5.74, 6) is -2.27. The molecule has 0 bridgehead atoms. The smallest absolute Gasteiger partial charge is 0.329 e. The van der Waals surface area contributed by atoms with E-state index in [-0.39, 0.29) is 5.92 Å². The number of benzene rings is 2. The number of nitrogens with one attached hydrogen (secondary N) is 3. The van der Waals surface area contributed by atoms with Gasteiger partial charge in [-0.3, -0.25) is 14.9 Å². The molecule has 0 fully saturated rings. The van der Waals surface area contributed by atoms with Gasteiger partial charge in [-0.05, 0) is 61.2 Å². The number of amides is 4. The maximum atomic E-state index is 12.6. The molecule has 2 aromatic carbocycles. The van der Waals surface area contributed by atoms with Crippen LogP contribution in [0.2, 0.25) is 5.02 Å². The summed E-state index contributed by atoms with van der Waals surface area (Å²) in [5, 5.41) is 7.84. The van der Waals surface area contributed by atoms with E-state index in [0.29, 0.717) is 22.7 Å². The molecule has 0 saturated carbocycles. The van der Waals surface area contributed by atoms with Gasteiger partial charge in [0.2, 0.25) is 0 Å². The zero-order valence-corrected chi connectivity index (χ0v) is 19.8. The van der Waals surface area contributed by atoms with Crippen LogP contribution in [-0.2, 0) is 14.3 Å². The van der Waals surface area contributed by atoms with E-state index in [9.17, 15) is 19.2 Å². The summed E-state index contributed by atoms with van der Waals surface area (Å²) in [7, 11) is 0. The molecule has 9 heteroatoms. The summed E-state index contributed by atoms with van der Waals surface area (Å²) < 4.78 is 5.07. The second-order valence-electron chi connectivity index (χ2n) is 7.70. The van der Waals surface area contributed by atoms with Crippen molar-refractivity contribution in [2.75, 3.05) is 11.9 Å². The lowest BCUT2D eigenvalue weighted by Crippen LogP contribution is -2.47. The Bertz CT molecular complexity index is 1020. The predicted octanol–water partition coefficient (Wildman–Crippen LogP) is 3.99. The van der Waals surface area contributed by atoms with Gasteiger partial charge in [0, 0.05) is 16.3 Å². The summed E-state index contributed by atoms with van der Waals surface area (Å²) in [6, 6.07) is 9.93. The van der Waals surface area contributed by atoms with E-state index >= 15 is 0 Å². The van der Waals surface area contributed by atoms with Gasteiger partial charge in [-0.15, -0.1) is 0 Å². The van der Waals surface area contributed by atoms with Gasteiger partial charge >= 0.3 is 12.0 Å². The molecule has 0 radical (unpaired) electrons. The summed E-state index contributed by atoms with van der Waals surface area (Å²) >= 11 is 5.84. The van der Waals surface area contributed by atoms with Crippen molar-refractivity contribution in [2.45, 2.75) is 40.2 Å². The fraction of sp³-hybridized carbons (Fsp3) is 0.333. The van der Waals surface area contributed by atoms with E-state index in [4.69, 9.17) is 16.3 Å². The molecule has 0 aliphatic rings. The molecule has 4 amide bonds. The lowest BCUT2D eigenvalue weighted by molar-refractivity contribution is -0.151. The van der Waals surface area contributed by atoms with Crippen molar-refractivity contribution in [1.29, 1.82) is 0 Å². The molecule has 0 saturated heterocycles. The van der Waals surface area contributed by atoms with Gasteiger partial charge in [-0.25, -0.2) is 9.59 Å². The van der Waals surface area contributed by atoms with E-state index in [1.54, 1.807) is 43.3 Å². The highest BCUT2D eigenvalue weighted by Gasteiger charge is 2.28. The van der Waals surface area contributed by atoms with Crippen LogP contribution in [0.15, 0.2) is 42.5 Å². The van der Waals surface area contributed by atoms with E-state index in [1.807, 2.05) is 26.8 Å². The number of carbonyl (C=O) groups excluding carboxylic acids is 4. The Kier molecular flexibility index (Phi) is 9.42. The molecule has 0 aliphatic carbocycles. The second-order valence-corrected chi connectivity index (χ2v) is 8.14. The Balaban J connectivity index is 1.92. The summed E-state index contributed by atoms with van der Waals surface area (Å²) in [4.78, 5) is 49.3. The quantitative estimate of drug-likeness (QED) is 0.501. The van der Waals surface area contributed by atoms with Gasteiger partial charge in [0.1, 0.15) is 6.04 Å². The van der Waals surface area contributed by atoms with Crippen molar-refractivity contribution >= 4 is 41.1 Å². The van der Waals surface area contributed by atoms with Gasteiger partial charge < -0.3 is 15.4 Å². The van der Waals surface area contributed by atoms with Crippen LogP contribution in [0.25, 0.3) is 0 Å². The Morgan fingerprint density at radius 2 is 1.70 bits per heavy atom. The number of carbonyl (C=O) groups is 4. The normalized spacial score (nSPS) is 12.3. The van der Waals surface area contributed by atoms with Crippen LogP contribution in [0, 0.1) is 19.8 Å². The number of halogens is 1. The van der Waals surface area contributed by atoms with Crippen LogP contribution in [0.5, 0.6) is 0 Å². The topological polar surface area (TPSA) is 114 Å². The lowest BCUT2D eigenvalue weighted by Gasteiger charge is -2.22. The number of urea groups is 1. The Labute approximate surface area is 198 Å². The van der Waals surface area contributed by atoms with Crippen molar-refractivity contribution in [1.82, 2.24) is 10.6 Å². The predicted molar refractivity (Wildman–Crippen MR) is 126 cm³/mol. The van der Waals surface area contributed by atoms with Crippen LogP contribution >= 0.6 is 11.6 Å². The van der Waals surface area contributed by atoms with E-state index < -0.39 is 36.5 Å². The number of imide groups is 1. The summed E-state index contributed by atoms with van der Waals surface area (Å²) in [5.41, 5.74) is 2.77. The molecule has 0 unspecified atom stereocenters.